The fourth-order valence-corrected chi connectivity index (χ4v) is 3.02. The Balaban J connectivity index is 1.68. The van der Waals surface area contributed by atoms with Crippen LogP contribution in [0.2, 0.25) is 0 Å². The van der Waals surface area contributed by atoms with Gasteiger partial charge in [-0.15, -0.1) is 0 Å². The molecule has 114 valence electrons. The standard InChI is InChI=1S/C16H21FN2O2/c17-13-4-3-5-14(19-8-1-2-9-19)12(13)10-18-11-16(6-7-16)15(20)21/h3-5,18H,1-2,6-11H2,(H,20,21). The van der Waals surface area contributed by atoms with Crippen molar-refractivity contribution in [3.63, 3.8) is 0 Å². The maximum atomic E-state index is 14.1. The number of nitrogens with one attached hydrogen (secondary N) is 1. The van der Waals surface area contributed by atoms with Gasteiger partial charge in [0.15, 0.2) is 0 Å². The number of carboxylic acids is 1. The largest absolute Gasteiger partial charge is 0.481 e. The van der Waals surface area contributed by atoms with Gasteiger partial charge in [-0.2, -0.15) is 0 Å². The van der Waals surface area contributed by atoms with Gasteiger partial charge >= 0.3 is 5.97 Å². The molecule has 2 aliphatic rings. The Kier molecular flexibility index (Phi) is 3.85. The Morgan fingerprint density at radius 1 is 1.33 bits per heavy atom. The fourth-order valence-electron chi connectivity index (χ4n) is 3.02. The minimum atomic E-state index is -0.747. The molecular formula is C16H21FN2O2. The Labute approximate surface area is 124 Å². The molecule has 1 aromatic rings. The third-order valence-electron chi connectivity index (χ3n) is 4.61. The molecular weight excluding hydrogens is 271 g/mol. The molecule has 0 aromatic heterocycles. The van der Waals surface area contributed by atoms with E-state index in [2.05, 4.69) is 10.2 Å². The molecule has 2 N–H and O–H groups in total. The monoisotopic (exact) mass is 292 g/mol. The van der Waals surface area contributed by atoms with Crippen LogP contribution in [0.5, 0.6) is 0 Å². The lowest BCUT2D eigenvalue weighted by Crippen LogP contribution is -2.30. The predicted octanol–water partition coefficient (Wildman–Crippen LogP) is 2.38. The molecule has 0 radical (unpaired) electrons. The van der Waals surface area contributed by atoms with E-state index in [0.29, 0.717) is 31.5 Å². The van der Waals surface area contributed by atoms with E-state index in [1.165, 1.54) is 6.07 Å². The van der Waals surface area contributed by atoms with Crippen molar-refractivity contribution in [2.45, 2.75) is 32.2 Å². The highest BCUT2D eigenvalue weighted by molar-refractivity contribution is 5.78. The summed E-state index contributed by atoms with van der Waals surface area (Å²) < 4.78 is 14.1. The molecule has 1 heterocycles. The van der Waals surface area contributed by atoms with Crippen molar-refractivity contribution in [2.24, 2.45) is 5.41 Å². The highest BCUT2D eigenvalue weighted by Crippen LogP contribution is 2.45. The molecule has 3 rings (SSSR count). The average molecular weight is 292 g/mol. The van der Waals surface area contributed by atoms with Gasteiger partial charge in [-0.1, -0.05) is 6.07 Å². The van der Waals surface area contributed by atoms with Crippen LogP contribution in [0, 0.1) is 11.2 Å². The molecule has 5 heteroatoms. The van der Waals surface area contributed by atoms with Crippen LogP contribution >= 0.6 is 0 Å². The van der Waals surface area contributed by atoms with Crippen LogP contribution in [0.25, 0.3) is 0 Å². The minimum absolute atomic E-state index is 0.216. The maximum Gasteiger partial charge on any atom is 0.310 e. The third-order valence-corrected chi connectivity index (χ3v) is 4.61. The van der Waals surface area contributed by atoms with Crippen molar-refractivity contribution in [1.82, 2.24) is 5.32 Å². The average Bonchev–Trinajstić information content (AvgIpc) is 3.06. The molecule has 0 amide bonds. The van der Waals surface area contributed by atoms with Crippen molar-refractivity contribution in [1.29, 1.82) is 0 Å². The van der Waals surface area contributed by atoms with Gasteiger partial charge in [-0.05, 0) is 37.8 Å². The molecule has 0 unspecified atom stereocenters. The second-order valence-corrected chi connectivity index (χ2v) is 6.12. The molecule has 1 aliphatic heterocycles. The lowest BCUT2D eigenvalue weighted by Gasteiger charge is -2.22. The topological polar surface area (TPSA) is 52.6 Å². The summed E-state index contributed by atoms with van der Waals surface area (Å²) in [7, 11) is 0. The zero-order valence-corrected chi connectivity index (χ0v) is 12.1. The summed E-state index contributed by atoms with van der Waals surface area (Å²) in [5, 5.41) is 12.3. The van der Waals surface area contributed by atoms with Crippen LogP contribution in [0.4, 0.5) is 10.1 Å². The zero-order valence-electron chi connectivity index (χ0n) is 12.1. The highest BCUT2D eigenvalue weighted by Gasteiger charge is 2.49. The predicted molar refractivity (Wildman–Crippen MR) is 78.9 cm³/mol. The Morgan fingerprint density at radius 3 is 2.67 bits per heavy atom. The molecule has 1 saturated carbocycles. The number of aliphatic carboxylic acids is 1. The molecule has 1 saturated heterocycles. The molecule has 0 spiro atoms. The lowest BCUT2D eigenvalue weighted by atomic mass is 10.1. The Morgan fingerprint density at radius 2 is 2.05 bits per heavy atom. The van der Waals surface area contributed by atoms with E-state index in [1.807, 2.05) is 6.07 Å². The first kappa shape index (κ1) is 14.3. The zero-order chi connectivity index (χ0) is 14.9. The molecule has 21 heavy (non-hydrogen) atoms. The van der Waals surface area contributed by atoms with Crippen LogP contribution in [0.15, 0.2) is 18.2 Å². The quantitative estimate of drug-likeness (QED) is 0.845. The Bertz CT molecular complexity index is 537. The summed E-state index contributed by atoms with van der Waals surface area (Å²) in [6, 6.07) is 5.17. The van der Waals surface area contributed by atoms with Crippen molar-refractivity contribution >= 4 is 11.7 Å². The van der Waals surface area contributed by atoms with Crippen molar-refractivity contribution in [3.05, 3.63) is 29.6 Å². The SMILES string of the molecule is O=C(O)C1(CNCc2c(F)cccc2N2CCCC2)CC1. The van der Waals surface area contributed by atoms with Gasteiger partial charge in [0.25, 0.3) is 0 Å². The second kappa shape index (κ2) is 5.64. The maximum absolute atomic E-state index is 14.1. The number of benzene rings is 1. The molecule has 1 aliphatic carbocycles. The van der Waals surface area contributed by atoms with Gasteiger partial charge in [-0.3, -0.25) is 4.79 Å². The summed E-state index contributed by atoms with van der Waals surface area (Å²) in [5.41, 5.74) is 0.986. The van der Waals surface area contributed by atoms with E-state index >= 15 is 0 Å². The molecule has 1 aromatic carbocycles. The van der Waals surface area contributed by atoms with Crippen LogP contribution in [-0.4, -0.2) is 30.7 Å². The lowest BCUT2D eigenvalue weighted by molar-refractivity contribution is -0.143. The molecule has 2 fully saturated rings. The molecule has 0 atom stereocenters. The number of nitrogens with zero attached hydrogens (tertiary/aromatic N) is 1. The van der Waals surface area contributed by atoms with E-state index in [9.17, 15) is 9.18 Å². The number of carbonyl (C=O) groups is 1. The minimum Gasteiger partial charge on any atom is -0.481 e. The van der Waals surface area contributed by atoms with Crippen LogP contribution in [-0.2, 0) is 11.3 Å². The van der Waals surface area contributed by atoms with Crippen molar-refractivity contribution in [2.75, 3.05) is 24.5 Å². The van der Waals surface area contributed by atoms with Crippen LogP contribution in [0.3, 0.4) is 0 Å². The van der Waals surface area contributed by atoms with Gasteiger partial charge in [0.2, 0.25) is 0 Å². The highest BCUT2D eigenvalue weighted by atomic mass is 19.1. The smallest absolute Gasteiger partial charge is 0.310 e. The Hall–Kier alpha value is -1.62. The second-order valence-electron chi connectivity index (χ2n) is 6.12. The number of halogens is 1. The summed E-state index contributed by atoms with van der Waals surface area (Å²) in [6.07, 6.45) is 3.72. The summed E-state index contributed by atoms with van der Waals surface area (Å²) >= 11 is 0. The number of hydrogen-bond donors (Lipinski definition) is 2. The summed E-state index contributed by atoms with van der Waals surface area (Å²) in [5.74, 6) is -0.963. The van der Waals surface area contributed by atoms with E-state index in [4.69, 9.17) is 5.11 Å². The van der Waals surface area contributed by atoms with Gasteiger partial charge < -0.3 is 15.3 Å². The first-order chi connectivity index (χ1) is 10.1. The van der Waals surface area contributed by atoms with Crippen molar-refractivity contribution < 1.29 is 14.3 Å². The third kappa shape index (κ3) is 2.88. The van der Waals surface area contributed by atoms with Gasteiger partial charge in [0, 0.05) is 37.4 Å². The van der Waals surface area contributed by atoms with E-state index in [-0.39, 0.29) is 5.82 Å². The fraction of sp³-hybridized carbons (Fsp3) is 0.562. The first-order valence-corrected chi connectivity index (χ1v) is 7.59. The number of hydrogen-bond acceptors (Lipinski definition) is 3. The normalized spacial score (nSPS) is 19.8. The van der Waals surface area contributed by atoms with Gasteiger partial charge in [0.1, 0.15) is 5.82 Å². The first-order valence-electron chi connectivity index (χ1n) is 7.59. The van der Waals surface area contributed by atoms with Gasteiger partial charge in [-0.25, -0.2) is 4.39 Å². The van der Waals surface area contributed by atoms with Crippen LogP contribution in [0.1, 0.15) is 31.2 Å². The van der Waals surface area contributed by atoms with Crippen molar-refractivity contribution in [3.8, 4) is 0 Å². The van der Waals surface area contributed by atoms with E-state index in [0.717, 1.165) is 31.6 Å². The van der Waals surface area contributed by atoms with Crippen LogP contribution < -0.4 is 10.2 Å². The number of carboxylic acid groups (broad SMARTS) is 1. The van der Waals surface area contributed by atoms with E-state index < -0.39 is 11.4 Å². The number of anilines is 1. The molecule has 0 bridgehead atoms. The number of rotatable bonds is 6. The van der Waals surface area contributed by atoms with E-state index in [1.54, 1.807) is 6.07 Å². The van der Waals surface area contributed by atoms with Gasteiger partial charge in [0.05, 0.1) is 5.41 Å². The summed E-state index contributed by atoms with van der Waals surface area (Å²) in [6.45, 7) is 2.73. The molecule has 4 nitrogen and oxygen atoms in total. The summed E-state index contributed by atoms with van der Waals surface area (Å²) in [4.78, 5) is 13.4.